The first kappa shape index (κ1) is 13.7. The van der Waals surface area contributed by atoms with Crippen molar-refractivity contribution in [3.05, 3.63) is 57.0 Å². The largest absolute Gasteiger partial charge is 0.337 e. The van der Waals surface area contributed by atoms with E-state index in [4.69, 9.17) is 0 Å². The van der Waals surface area contributed by atoms with Crippen molar-refractivity contribution in [1.82, 2.24) is 4.90 Å². The van der Waals surface area contributed by atoms with Crippen molar-refractivity contribution in [3.63, 3.8) is 0 Å². The van der Waals surface area contributed by atoms with Gasteiger partial charge in [0.25, 0.3) is 5.91 Å². The van der Waals surface area contributed by atoms with Gasteiger partial charge in [0.1, 0.15) is 5.82 Å². The Balaban J connectivity index is 2.15. The topological polar surface area (TPSA) is 20.3 Å². The molecule has 0 saturated carbocycles. The quantitative estimate of drug-likeness (QED) is 0.836. The number of carbonyl (C=O) groups excluding carboxylic acids is 1. The van der Waals surface area contributed by atoms with Crippen LogP contribution in [0.5, 0.6) is 0 Å². The molecule has 1 amide bonds. The molecule has 100 valence electrons. The molecular formula is C15H16FNOS. The highest BCUT2D eigenvalue weighted by atomic mass is 32.1. The molecule has 1 aromatic carbocycles. The van der Waals surface area contributed by atoms with Crippen molar-refractivity contribution in [2.45, 2.75) is 20.4 Å². The number of rotatable bonds is 3. The summed E-state index contributed by atoms with van der Waals surface area (Å²) in [5, 5.41) is 2.02. The first-order valence-electron chi connectivity index (χ1n) is 6.03. The smallest absolute Gasteiger partial charge is 0.253 e. The van der Waals surface area contributed by atoms with Crippen molar-refractivity contribution in [2.24, 2.45) is 0 Å². The molecule has 4 heteroatoms. The molecule has 0 saturated heterocycles. The molecule has 0 unspecified atom stereocenters. The Morgan fingerprint density at radius 3 is 2.58 bits per heavy atom. The number of carbonyl (C=O) groups is 1. The monoisotopic (exact) mass is 277 g/mol. The molecular weight excluding hydrogens is 261 g/mol. The van der Waals surface area contributed by atoms with Crippen LogP contribution in [0.2, 0.25) is 0 Å². The normalized spacial score (nSPS) is 10.5. The van der Waals surface area contributed by atoms with E-state index in [1.165, 1.54) is 22.6 Å². The lowest BCUT2D eigenvalue weighted by molar-refractivity contribution is 0.0786. The fourth-order valence-electron chi connectivity index (χ4n) is 1.85. The zero-order valence-corrected chi connectivity index (χ0v) is 12.1. The molecule has 0 aliphatic carbocycles. The van der Waals surface area contributed by atoms with Gasteiger partial charge in [0, 0.05) is 17.5 Å². The summed E-state index contributed by atoms with van der Waals surface area (Å²) in [6, 6.07) is 6.51. The van der Waals surface area contributed by atoms with E-state index in [9.17, 15) is 9.18 Å². The van der Waals surface area contributed by atoms with Gasteiger partial charge in [0.15, 0.2) is 0 Å². The summed E-state index contributed by atoms with van der Waals surface area (Å²) in [5.74, 6) is -0.371. The number of halogens is 1. The summed E-state index contributed by atoms with van der Waals surface area (Å²) in [5.41, 5.74) is 2.21. The molecule has 2 nitrogen and oxygen atoms in total. The highest BCUT2D eigenvalue weighted by Gasteiger charge is 2.14. The minimum atomic E-state index is -0.284. The number of nitrogens with zero attached hydrogens (tertiary/aromatic N) is 1. The Labute approximate surface area is 116 Å². The molecule has 1 aromatic heterocycles. The Morgan fingerprint density at radius 2 is 2.00 bits per heavy atom. The molecule has 0 aliphatic heterocycles. The summed E-state index contributed by atoms with van der Waals surface area (Å²) in [6.45, 7) is 4.28. The zero-order valence-electron chi connectivity index (χ0n) is 11.2. The zero-order chi connectivity index (χ0) is 14.0. The predicted molar refractivity (Wildman–Crippen MR) is 76.0 cm³/mol. The molecule has 2 aromatic rings. The molecule has 2 rings (SSSR count). The number of hydrogen-bond donors (Lipinski definition) is 0. The standard InChI is InChI=1S/C15H16FNOS/c1-10-6-7-19-14(10)9-17(3)15(18)12-4-5-13(16)11(2)8-12/h4-8H,9H2,1-3H3. The van der Waals surface area contributed by atoms with E-state index in [2.05, 4.69) is 0 Å². The Hall–Kier alpha value is -1.68. The van der Waals surface area contributed by atoms with Crippen molar-refractivity contribution in [2.75, 3.05) is 7.05 Å². The number of thiophene rings is 1. The van der Waals surface area contributed by atoms with Gasteiger partial charge in [-0.1, -0.05) is 0 Å². The Morgan fingerprint density at radius 1 is 1.26 bits per heavy atom. The van der Waals surface area contributed by atoms with Crippen LogP contribution in [0.4, 0.5) is 4.39 Å². The summed E-state index contributed by atoms with van der Waals surface area (Å²) in [7, 11) is 1.76. The number of aryl methyl sites for hydroxylation is 2. The van der Waals surface area contributed by atoms with Crippen LogP contribution < -0.4 is 0 Å². The van der Waals surface area contributed by atoms with Gasteiger partial charge in [-0.3, -0.25) is 4.79 Å². The maximum Gasteiger partial charge on any atom is 0.253 e. The van der Waals surface area contributed by atoms with E-state index in [-0.39, 0.29) is 11.7 Å². The van der Waals surface area contributed by atoms with Crippen molar-refractivity contribution < 1.29 is 9.18 Å². The Kier molecular flexibility index (Phi) is 4.00. The van der Waals surface area contributed by atoms with Crippen molar-refractivity contribution in [1.29, 1.82) is 0 Å². The fraction of sp³-hybridized carbons (Fsp3) is 0.267. The third-order valence-electron chi connectivity index (χ3n) is 3.10. The second-order valence-corrected chi connectivity index (χ2v) is 5.65. The lowest BCUT2D eigenvalue weighted by Gasteiger charge is -2.17. The van der Waals surface area contributed by atoms with Crippen LogP contribution in [0.25, 0.3) is 0 Å². The summed E-state index contributed by atoms with van der Waals surface area (Å²) in [4.78, 5) is 15.1. The van der Waals surface area contributed by atoms with E-state index in [1.807, 2.05) is 18.4 Å². The van der Waals surface area contributed by atoms with Crippen LogP contribution in [-0.2, 0) is 6.54 Å². The second kappa shape index (κ2) is 5.53. The molecule has 1 heterocycles. The lowest BCUT2D eigenvalue weighted by atomic mass is 10.1. The highest BCUT2D eigenvalue weighted by molar-refractivity contribution is 7.10. The minimum Gasteiger partial charge on any atom is -0.337 e. The number of benzene rings is 1. The lowest BCUT2D eigenvalue weighted by Crippen LogP contribution is -2.26. The van der Waals surface area contributed by atoms with Crippen LogP contribution in [0.1, 0.15) is 26.4 Å². The fourth-order valence-corrected chi connectivity index (χ4v) is 2.81. The highest BCUT2D eigenvalue weighted by Crippen LogP contribution is 2.19. The summed E-state index contributed by atoms with van der Waals surface area (Å²) < 4.78 is 13.2. The number of amides is 1. The third kappa shape index (κ3) is 3.01. The first-order valence-corrected chi connectivity index (χ1v) is 6.91. The van der Waals surface area contributed by atoms with Gasteiger partial charge in [-0.25, -0.2) is 4.39 Å². The first-order chi connectivity index (χ1) is 8.99. The summed E-state index contributed by atoms with van der Waals surface area (Å²) >= 11 is 1.64. The second-order valence-electron chi connectivity index (χ2n) is 4.65. The van der Waals surface area contributed by atoms with E-state index < -0.39 is 0 Å². The number of hydrogen-bond acceptors (Lipinski definition) is 2. The molecule has 0 radical (unpaired) electrons. The molecule has 0 bridgehead atoms. The molecule has 19 heavy (non-hydrogen) atoms. The maximum atomic E-state index is 13.2. The van der Waals surface area contributed by atoms with Crippen LogP contribution in [0.15, 0.2) is 29.6 Å². The van der Waals surface area contributed by atoms with E-state index >= 15 is 0 Å². The van der Waals surface area contributed by atoms with Gasteiger partial charge in [-0.15, -0.1) is 11.3 Å². The van der Waals surface area contributed by atoms with Gasteiger partial charge < -0.3 is 4.90 Å². The van der Waals surface area contributed by atoms with E-state index in [0.717, 1.165) is 0 Å². The summed E-state index contributed by atoms with van der Waals surface area (Å²) in [6.07, 6.45) is 0. The van der Waals surface area contributed by atoms with Gasteiger partial charge in [0.05, 0.1) is 6.54 Å². The Bertz CT molecular complexity index is 606. The molecule has 0 spiro atoms. The van der Waals surface area contributed by atoms with Crippen LogP contribution in [0.3, 0.4) is 0 Å². The van der Waals surface area contributed by atoms with E-state index in [1.54, 1.807) is 36.3 Å². The van der Waals surface area contributed by atoms with Gasteiger partial charge >= 0.3 is 0 Å². The van der Waals surface area contributed by atoms with Gasteiger partial charge in [-0.05, 0) is 54.6 Å². The maximum absolute atomic E-state index is 13.2. The van der Waals surface area contributed by atoms with Crippen LogP contribution in [-0.4, -0.2) is 17.9 Å². The van der Waals surface area contributed by atoms with Crippen molar-refractivity contribution >= 4 is 17.2 Å². The SMILES string of the molecule is Cc1cc(C(=O)N(C)Cc2sccc2C)ccc1F. The minimum absolute atomic E-state index is 0.0871. The average Bonchev–Trinajstić information content (AvgIpc) is 2.77. The van der Waals surface area contributed by atoms with Crippen LogP contribution >= 0.6 is 11.3 Å². The molecule has 0 fully saturated rings. The van der Waals surface area contributed by atoms with Crippen molar-refractivity contribution in [3.8, 4) is 0 Å². The molecule has 0 aliphatic rings. The van der Waals surface area contributed by atoms with Gasteiger partial charge in [-0.2, -0.15) is 0 Å². The molecule has 0 atom stereocenters. The van der Waals surface area contributed by atoms with Crippen LogP contribution in [0, 0.1) is 19.7 Å². The van der Waals surface area contributed by atoms with Gasteiger partial charge in [0.2, 0.25) is 0 Å². The van der Waals surface area contributed by atoms with E-state index in [0.29, 0.717) is 17.7 Å². The molecule has 0 N–H and O–H groups in total. The predicted octanol–water partition coefficient (Wildman–Crippen LogP) is 3.78. The third-order valence-corrected chi connectivity index (χ3v) is 4.11. The average molecular weight is 277 g/mol.